The zero-order valence-corrected chi connectivity index (χ0v) is 20.3. The molecule has 168 valence electrons. The fraction of sp³-hybridized carbons (Fsp3) is 0.333. The Hall–Kier alpha value is -2.35. The van der Waals surface area contributed by atoms with Crippen LogP contribution in [0.4, 0.5) is 0 Å². The van der Waals surface area contributed by atoms with Gasteiger partial charge in [-0.05, 0) is 0 Å². The Morgan fingerprint density at radius 1 is 1.06 bits per heavy atom. The van der Waals surface area contributed by atoms with E-state index >= 15 is 0 Å². The molecule has 10 heteroatoms. The number of esters is 2. The van der Waals surface area contributed by atoms with Crippen molar-refractivity contribution >= 4 is 42.1 Å². The van der Waals surface area contributed by atoms with Gasteiger partial charge >= 0.3 is 189 Å². The molecule has 0 aliphatic carbocycles. The molecule has 0 saturated carbocycles. The first-order valence-electron chi connectivity index (χ1n) is 9.76. The number of sulfonamides is 1. The molecule has 1 atom stereocenters. The van der Waals surface area contributed by atoms with E-state index in [-0.39, 0.29) is 22.6 Å². The predicted molar refractivity (Wildman–Crippen MR) is 117 cm³/mol. The van der Waals surface area contributed by atoms with Crippen LogP contribution in [0.1, 0.15) is 43.5 Å². The molecule has 1 unspecified atom stereocenters. The number of carbonyl (C=O) groups excluding carboxylic acids is 2. The maximum absolute atomic E-state index is 12.5. The van der Waals surface area contributed by atoms with Gasteiger partial charge < -0.3 is 0 Å². The van der Waals surface area contributed by atoms with E-state index in [1.807, 2.05) is 6.07 Å². The summed E-state index contributed by atoms with van der Waals surface area (Å²) in [5.41, 5.74) is 0.00670. The van der Waals surface area contributed by atoms with Crippen LogP contribution in [0.25, 0.3) is 0 Å². The number of hydrogen-bond acceptors (Lipinski definition) is 7. The minimum absolute atomic E-state index is 0.00670. The van der Waals surface area contributed by atoms with Crippen LogP contribution in [0.3, 0.4) is 0 Å². The summed E-state index contributed by atoms with van der Waals surface area (Å²) in [6.45, 7) is 3.12. The van der Waals surface area contributed by atoms with E-state index in [1.54, 1.807) is 37.3 Å². The number of nitrogens with two attached hydrogens (primary N) is 1. The van der Waals surface area contributed by atoms with Gasteiger partial charge in [0.2, 0.25) is 0 Å². The van der Waals surface area contributed by atoms with Crippen molar-refractivity contribution < 1.29 is 32.2 Å². The summed E-state index contributed by atoms with van der Waals surface area (Å²) >= 11 is -0.829. The molecular formula is C21H26AsNO7S. The van der Waals surface area contributed by atoms with Gasteiger partial charge in [0, 0.05) is 0 Å². The number of ether oxygens (including phenoxy) is 3. The molecule has 0 aliphatic heterocycles. The summed E-state index contributed by atoms with van der Waals surface area (Å²) in [4.78, 5) is 23.4. The number of hydrogen-bond donors (Lipinski definition) is 1. The van der Waals surface area contributed by atoms with Crippen molar-refractivity contribution in [2.24, 2.45) is 5.14 Å². The Labute approximate surface area is 188 Å². The Bertz CT molecular complexity index is 1010. The van der Waals surface area contributed by atoms with Crippen molar-refractivity contribution in [1.82, 2.24) is 0 Å². The molecule has 0 fully saturated rings. The molecule has 0 saturated heterocycles. The number of benzene rings is 2. The second-order valence-corrected chi connectivity index (χ2v) is 11.0. The van der Waals surface area contributed by atoms with Gasteiger partial charge in [0.15, 0.2) is 0 Å². The van der Waals surface area contributed by atoms with Crippen LogP contribution in [0, 0.1) is 0 Å². The molecule has 0 radical (unpaired) electrons. The van der Waals surface area contributed by atoms with Crippen LogP contribution in [-0.4, -0.2) is 42.9 Å². The predicted octanol–water partition coefficient (Wildman–Crippen LogP) is 2.47. The normalized spacial score (nSPS) is 11.5. The summed E-state index contributed by atoms with van der Waals surface area (Å²) in [6, 6.07) is 11.5. The van der Waals surface area contributed by atoms with E-state index in [9.17, 15) is 18.0 Å². The van der Waals surface area contributed by atoms with E-state index < -0.39 is 44.5 Å². The average molecular weight is 511 g/mol. The Kier molecular flexibility index (Phi) is 9.55. The molecule has 0 amide bonds. The van der Waals surface area contributed by atoms with Crippen molar-refractivity contribution in [2.75, 3.05) is 6.79 Å². The summed E-state index contributed by atoms with van der Waals surface area (Å²) in [5.74, 6) is -0.740. The number of rotatable bonds is 11. The topological polar surface area (TPSA) is 122 Å². The van der Waals surface area contributed by atoms with E-state index in [0.717, 1.165) is 24.1 Å². The van der Waals surface area contributed by atoms with Crippen molar-refractivity contribution in [3.05, 3.63) is 48.0 Å². The van der Waals surface area contributed by atoms with Gasteiger partial charge in [-0.15, -0.1) is 0 Å². The quantitative estimate of drug-likeness (QED) is 0.213. The van der Waals surface area contributed by atoms with Crippen molar-refractivity contribution in [3.63, 3.8) is 0 Å². The van der Waals surface area contributed by atoms with Gasteiger partial charge in [0.05, 0.1) is 0 Å². The number of unbranched alkanes of at least 4 members (excludes halogenated alkanes) is 1. The Morgan fingerprint density at radius 3 is 2.39 bits per heavy atom. The van der Waals surface area contributed by atoms with Crippen LogP contribution in [0.15, 0.2) is 47.4 Å². The molecule has 2 rings (SSSR count). The van der Waals surface area contributed by atoms with E-state index in [0.29, 0.717) is 10.1 Å². The Balaban J connectivity index is 2.44. The SMILES string of the molecule is CCCC[AsH]c1cc(C(=O)OCOC(=O)CC)cc(S(N)(=O)=O)c1Oc1ccccc1. The zero-order chi connectivity index (χ0) is 22.9. The molecule has 2 aromatic rings. The second kappa shape index (κ2) is 11.9. The molecule has 0 aromatic heterocycles. The van der Waals surface area contributed by atoms with Gasteiger partial charge in [-0.3, -0.25) is 0 Å². The molecule has 8 nitrogen and oxygen atoms in total. The third kappa shape index (κ3) is 7.69. The molecular weight excluding hydrogens is 485 g/mol. The average Bonchev–Trinajstić information content (AvgIpc) is 2.74. The number of para-hydroxylation sites is 1. The van der Waals surface area contributed by atoms with E-state index in [2.05, 4.69) is 6.92 Å². The van der Waals surface area contributed by atoms with Crippen LogP contribution in [0.2, 0.25) is 5.21 Å². The molecule has 2 N–H and O–H groups in total. The van der Waals surface area contributed by atoms with Gasteiger partial charge in [0.1, 0.15) is 0 Å². The van der Waals surface area contributed by atoms with Crippen molar-refractivity contribution in [1.29, 1.82) is 0 Å². The van der Waals surface area contributed by atoms with E-state index in [1.165, 1.54) is 0 Å². The standard InChI is InChI=1S/C21H26AsNO7S/c1-3-5-11-22-17-12-15(21(25)29-14-28-19(24)4-2)13-18(31(23,26)27)20(17)30-16-9-7-6-8-10-16/h6-10,12-13,22H,3-5,11,14H2,1-2H3,(H2,23,26,27). The van der Waals surface area contributed by atoms with E-state index in [4.69, 9.17) is 19.3 Å². The first-order valence-corrected chi connectivity index (χ1v) is 13.8. The summed E-state index contributed by atoms with van der Waals surface area (Å²) < 4.78 is 40.9. The fourth-order valence-electron chi connectivity index (χ4n) is 2.51. The monoisotopic (exact) mass is 511 g/mol. The second-order valence-electron chi connectivity index (χ2n) is 6.51. The minimum atomic E-state index is -4.20. The summed E-state index contributed by atoms with van der Waals surface area (Å²) in [7, 11) is -4.20. The molecule has 0 bridgehead atoms. The van der Waals surface area contributed by atoms with Crippen LogP contribution in [-0.2, 0) is 24.3 Å². The van der Waals surface area contributed by atoms with Crippen LogP contribution >= 0.6 is 0 Å². The molecule has 0 spiro atoms. The summed E-state index contributed by atoms with van der Waals surface area (Å²) in [6.07, 6.45) is 2.10. The molecule has 0 aliphatic rings. The first kappa shape index (κ1) is 24.9. The third-order valence-corrected chi connectivity index (χ3v) is 7.87. The Morgan fingerprint density at radius 2 is 1.77 bits per heavy atom. The molecule has 31 heavy (non-hydrogen) atoms. The maximum atomic E-state index is 12.5. The molecule has 2 aromatic carbocycles. The molecule has 0 heterocycles. The fourth-order valence-corrected chi connectivity index (χ4v) is 6.34. The third-order valence-electron chi connectivity index (χ3n) is 4.10. The van der Waals surface area contributed by atoms with Gasteiger partial charge in [0.25, 0.3) is 0 Å². The zero-order valence-electron chi connectivity index (χ0n) is 17.4. The van der Waals surface area contributed by atoms with Gasteiger partial charge in [-0.1, -0.05) is 0 Å². The first-order chi connectivity index (χ1) is 14.8. The van der Waals surface area contributed by atoms with Crippen LogP contribution < -0.4 is 14.2 Å². The van der Waals surface area contributed by atoms with Crippen molar-refractivity contribution in [3.8, 4) is 11.5 Å². The van der Waals surface area contributed by atoms with Crippen LogP contribution in [0.5, 0.6) is 11.5 Å². The summed E-state index contributed by atoms with van der Waals surface area (Å²) in [5, 5.41) is 6.33. The number of primary sulfonamides is 1. The number of carbonyl (C=O) groups is 2. The van der Waals surface area contributed by atoms with Gasteiger partial charge in [-0.2, -0.15) is 0 Å². The van der Waals surface area contributed by atoms with Gasteiger partial charge in [-0.25, -0.2) is 0 Å². The van der Waals surface area contributed by atoms with Crippen molar-refractivity contribution in [2.45, 2.75) is 43.2 Å².